The number of cyclic esters (lactones) is 1. The molecule has 23 heavy (non-hydrogen) atoms. The van der Waals surface area contributed by atoms with Crippen molar-refractivity contribution in [3.8, 4) is 0 Å². The second-order valence-corrected chi connectivity index (χ2v) is 6.33. The summed E-state index contributed by atoms with van der Waals surface area (Å²) in [6.45, 7) is 7.07. The Balaban J connectivity index is 3.13. The molecule has 0 aliphatic carbocycles. The summed E-state index contributed by atoms with van der Waals surface area (Å²) < 4.78 is 10.7. The Morgan fingerprint density at radius 1 is 1.35 bits per heavy atom. The van der Waals surface area contributed by atoms with E-state index < -0.39 is 23.8 Å². The quantitative estimate of drug-likeness (QED) is 0.571. The summed E-state index contributed by atoms with van der Waals surface area (Å²) in [7, 11) is 1.58. The molecule has 0 saturated heterocycles. The molecule has 0 radical (unpaired) electrons. The molecule has 2 N–H and O–H groups in total. The molecule has 0 aromatic heterocycles. The fraction of sp³-hybridized carbons (Fsp3) is 0.611. The van der Waals surface area contributed by atoms with Crippen LogP contribution in [-0.2, 0) is 14.3 Å². The van der Waals surface area contributed by atoms with Gasteiger partial charge in [0.25, 0.3) is 0 Å². The van der Waals surface area contributed by atoms with Crippen LogP contribution in [0.3, 0.4) is 0 Å². The van der Waals surface area contributed by atoms with Gasteiger partial charge in [0.15, 0.2) is 0 Å². The Labute approximate surface area is 138 Å². The van der Waals surface area contributed by atoms with Crippen molar-refractivity contribution in [3.05, 3.63) is 36.0 Å². The van der Waals surface area contributed by atoms with E-state index in [1.54, 1.807) is 33.1 Å². The zero-order valence-electron chi connectivity index (χ0n) is 14.5. The van der Waals surface area contributed by atoms with Gasteiger partial charge in [0.05, 0.1) is 17.8 Å². The zero-order chi connectivity index (χ0) is 17.6. The summed E-state index contributed by atoms with van der Waals surface area (Å²) in [5.41, 5.74) is -0.342. The Hall–Kier alpha value is -1.43. The van der Waals surface area contributed by atoms with Gasteiger partial charge < -0.3 is 19.7 Å². The molecule has 1 aliphatic rings. The van der Waals surface area contributed by atoms with Gasteiger partial charge in [-0.1, -0.05) is 25.2 Å². The Kier molecular flexibility index (Phi) is 7.19. The van der Waals surface area contributed by atoms with E-state index in [1.807, 2.05) is 19.9 Å². The van der Waals surface area contributed by atoms with E-state index in [4.69, 9.17) is 9.47 Å². The third-order valence-electron chi connectivity index (χ3n) is 4.20. The van der Waals surface area contributed by atoms with Crippen molar-refractivity contribution in [3.63, 3.8) is 0 Å². The highest BCUT2D eigenvalue weighted by molar-refractivity contribution is 5.82. The number of carbonyl (C=O) groups excluding carboxylic acids is 1. The number of methoxy groups -OCH3 is 1. The number of aliphatic hydroxyl groups is 2. The van der Waals surface area contributed by atoms with Crippen molar-refractivity contribution in [2.45, 2.75) is 58.0 Å². The SMILES string of the molecule is COC1C=C[C@@](C)(O)/C=C/C(=O)O[C@H](C)[C@@H](C)C(O)C/C=C\1C. The molecular weight excluding hydrogens is 296 g/mol. The minimum absolute atomic E-state index is 0.212. The van der Waals surface area contributed by atoms with E-state index in [9.17, 15) is 15.0 Å². The van der Waals surface area contributed by atoms with Crippen molar-refractivity contribution < 1.29 is 24.5 Å². The molecule has 0 aromatic carbocycles. The van der Waals surface area contributed by atoms with Crippen molar-refractivity contribution in [2.75, 3.05) is 7.11 Å². The van der Waals surface area contributed by atoms with E-state index in [-0.39, 0.29) is 12.0 Å². The molecule has 0 bridgehead atoms. The van der Waals surface area contributed by atoms with Crippen molar-refractivity contribution in [1.29, 1.82) is 0 Å². The number of hydrogen-bond acceptors (Lipinski definition) is 5. The van der Waals surface area contributed by atoms with Crippen molar-refractivity contribution in [1.82, 2.24) is 0 Å². The molecule has 0 spiro atoms. The predicted molar refractivity (Wildman–Crippen MR) is 88.8 cm³/mol. The van der Waals surface area contributed by atoms with Gasteiger partial charge in [-0.05, 0) is 38.8 Å². The summed E-state index contributed by atoms with van der Waals surface area (Å²) in [6, 6.07) is 0. The largest absolute Gasteiger partial charge is 0.459 e. The van der Waals surface area contributed by atoms with Crippen LogP contribution in [0.25, 0.3) is 0 Å². The van der Waals surface area contributed by atoms with Gasteiger partial charge in [0, 0.05) is 19.1 Å². The fourth-order valence-electron chi connectivity index (χ4n) is 2.27. The van der Waals surface area contributed by atoms with Crippen LogP contribution in [0.4, 0.5) is 0 Å². The lowest BCUT2D eigenvalue weighted by Crippen LogP contribution is -2.31. The smallest absolute Gasteiger partial charge is 0.330 e. The summed E-state index contributed by atoms with van der Waals surface area (Å²) in [6.07, 6.45) is 6.86. The van der Waals surface area contributed by atoms with Gasteiger partial charge in [-0.2, -0.15) is 0 Å². The minimum Gasteiger partial charge on any atom is -0.459 e. The van der Waals surface area contributed by atoms with Crippen molar-refractivity contribution in [2.24, 2.45) is 5.92 Å². The fourth-order valence-corrected chi connectivity index (χ4v) is 2.27. The standard InChI is InChI=1S/C18H28O5/c1-12-6-7-15(19)13(2)14(3)23-17(20)9-11-18(4,21)10-8-16(12)22-5/h6,8-11,13-16,19,21H,7H2,1-5H3/b10-8?,11-9+,12-6-/t13-,14-,15?,16?,18-/m1/s1. The van der Waals surface area contributed by atoms with E-state index in [2.05, 4.69) is 0 Å². The molecule has 0 fully saturated rings. The van der Waals surface area contributed by atoms with Crippen LogP contribution >= 0.6 is 0 Å². The first kappa shape index (κ1) is 19.6. The first-order chi connectivity index (χ1) is 10.7. The number of aliphatic hydroxyl groups excluding tert-OH is 1. The number of carbonyl (C=O) groups is 1. The Morgan fingerprint density at radius 3 is 2.61 bits per heavy atom. The van der Waals surface area contributed by atoms with Gasteiger partial charge in [0.1, 0.15) is 6.10 Å². The average molecular weight is 324 g/mol. The number of esters is 1. The molecule has 0 aromatic rings. The third kappa shape index (κ3) is 6.29. The maximum atomic E-state index is 11.8. The van der Waals surface area contributed by atoms with Crippen LogP contribution in [0, 0.1) is 5.92 Å². The van der Waals surface area contributed by atoms with Crippen molar-refractivity contribution >= 4 is 5.97 Å². The molecule has 5 nitrogen and oxygen atoms in total. The highest BCUT2D eigenvalue weighted by atomic mass is 16.5. The normalized spacial score (nSPS) is 40.7. The maximum absolute atomic E-state index is 11.8. The van der Waals surface area contributed by atoms with E-state index in [1.165, 1.54) is 12.2 Å². The second kappa shape index (κ2) is 8.43. The van der Waals surface area contributed by atoms with E-state index in [0.29, 0.717) is 6.42 Å². The lowest BCUT2D eigenvalue weighted by Gasteiger charge is -2.25. The third-order valence-corrected chi connectivity index (χ3v) is 4.20. The summed E-state index contributed by atoms with van der Waals surface area (Å²) in [5.74, 6) is -0.756. The highest BCUT2D eigenvalue weighted by Gasteiger charge is 2.24. The molecule has 0 saturated carbocycles. The molecule has 5 heteroatoms. The molecule has 2 unspecified atom stereocenters. The number of hydrogen-bond donors (Lipinski definition) is 2. The number of ether oxygens (including phenoxy) is 2. The molecule has 5 atom stereocenters. The lowest BCUT2D eigenvalue weighted by molar-refractivity contribution is -0.146. The van der Waals surface area contributed by atoms with Gasteiger partial charge >= 0.3 is 5.97 Å². The first-order valence-electron chi connectivity index (χ1n) is 7.85. The van der Waals surface area contributed by atoms with Crippen LogP contribution in [0.1, 0.15) is 34.1 Å². The highest BCUT2D eigenvalue weighted by Crippen LogP contribution is 2.19. The topological polar surface area (TPSA) is 76.0 Å². The second-order valence-electron chi connectivity index (χ2n) is 6.33. The van der Waals surface area contributed by atoms with Gasteiger partial charge in [-0.15, -0.1) is 0 Å². The van der Waals surface area contributed by atoms with Gasteiger partial charge in [-0.3, -0.25) is 0 Å². The summed E-state index contributed by atoms with van der Waals surface area (Å²) >= 11 is 0. The lowest BCUT2D eigenvalue weighted by atomic mass is 9.95. The van der Waals surface area contributed by atoms with Crippen LogP contribution in [-0.4, -0.2) is 47.2 Å². The molecule has 0 amide bonds. The zero-order valence-corrected chi connectivity index (χ0v) is 14.5. The molecule has 130 valence electrons. The van der Waals surface area contributed by atoms with Crippen LogP contribution in [0.2, 0.25) is 0 Å². The minimum atomic E-state index is -1.28. The molecule has 1 rings (SSSR count). The molecule has 1 heterocycles. The van der Waals surface area contributed by atoms with Crippen LogP contribution < -0.4 is 0 Å². The van der Waals surface area contributed by atoms with Gasteiger partial charge in [-0.25, -0.2) is 4.79 Å². The average Bonchev–Trinajstić information content (AvgIpc) is 2.49. The monoisotopic (exact) mass is 324 g/mol. The predicted octanol–water partition coefficient (Wildman–Crippen LogP) is 2.14. The molecule has 1 aliphatic heterocycles. The first-order valence-corrected chi connectivity index (χ1v) is 7.85. The molecular formula is C18H28O5. The Bertz CT molecular complexity index is 490. The van der Waals surface area contributed by atoms with E-state index in [0.717, 1.165) is 5.57 Å². The van der Waals surface area contributed by atoms with Crippen LogP contribution in [0.5, 0.6) is 0 Å². The van der Waals surface area contributed by atoms with Gasteiger partial charge in [0.2, 0.25) is 0 Å². The van der Waals surface area contributed by atoms with E-state index >= 15 is 0 Å². The summed E-state index contributed by atoms with van der Waals surface area (Å²) in [4.78, 5) is 11.8. The Morgan fingerprint density at radius 2 is 2.00 bits per heavy atom. The van der Waals surface area contributed by atoms with Crippen LogP contribution in [0.15, 0.2) is 36.0 Å². The number of rotatable bonds is 1. The maximum Gasteiger partial charge on any atom is 0.330 e. The summed E-state index contributed by atoms with van der Waals surface area (Å²) in [5, 5.41) is 20.5.